The second-order valence-electron chi connectivity index (χ2n) is 22.2. The van der Waals surface area contributed by atoms with Gasteiger partial charge >= 0.3 is 11.9 Å². The molecule has 0 unspecified atom stereocenters. The molecule has 0 aliphatic heterocycles. The van der Waals surface area contributed by atoms with Crippen molar-refractivity contribution in [2.45, 2.75) is 273 Å². The average molecular weight is 1120 g/mol. The summed E-state index contributed by atoms with van der Waals surface area (Å²) >= 11 is 0. The first-order valence-corrected chi connectivity index (χ1v) is 30.1. The predicted octanol–water partition coefficient (Wildman–Crippen LogP) is 3.39. The molecular formula is C57H105N5O16. The molecule has 2 rings (SSSR count). The number of unbranched alkanes of at least 4 members (excludes halogenated alkanes) is 22. The molecule has 5 atom stereocenters. The van der Waals surface area contributed by atoms with E-state index in [0.717, 1.165) is 44.9 Å². The van der Waals surface area contributed by atoms with Gasteiger partial charge in [0.1, 0.15) is 29.5 Å². The van der Waals surface area contributed by atoms with Crippen molar-refractivity contribution >= 4 is 35.6 Å². The molecule has 4 amide bonds. The fourth-order valence-electron chi connectivity index (χ4n) is 10.1. The maximum absolute atomic E-state index is 13.3. The Bertz CT molecular complexity index is 1600. The van der Waals surface area contributed by atoms with Gasteiger partial charge in [0.05, 0.1) is 37.6 Å². The van der Waals surface area contributed by atoms with Crippen LogP contribution in [0.3, 0.4) is 0 Å². The molecule has 0 aromatic rings. The topological polar surface area (TPSA) is 334 Å². The number of carbonyl (C=O) groups is 6. The minimum absolute atomic E-state index is 0.0260. The van der Waals surface area contributed by atoms with Gasteiger partial charge in [-0.15, -0.1) is 0 Å². The summed E-state index contributed by atoms with van der Waals surface area (Å²) < 4.78 is 11.0. The molecule has 0 saturated heterocycles. The molecular weight excluding hydrogens is 1010 g/mol. The van der Waals surface area contributed by atoms with Crippen LogP contribution in [-0.4, -0.2) is 188 Å². The Balaban J connectivity index is 1.90. The first-order chi connectivity index (χ1) is 37.3. The summed E-state index contributed by atoms with van der Waals surface area (Å²) in [4.78, 5) is 80.0. The smallest absolute Gasteiger partial charge is 0.328 e. The third-order valence-electron chi connectivity index (χ3n) is 15.1. The first-order valence-electron chi connectivity index (χ1n) is 30.1. The Hall–Kier alpha value is -3.54. The Labute approximate surface area is 465 Å². The highest BCUT2D eigenvalue weighted by Gasteiger charge is 2.49. The summed E-state index contributed by atoms with van der Waals surface area (Å²) in [6.45, 7) is 5.05. The zero-order chi connectivity index (χ0) is 57.6. The van der Waals surface area contributed by atoms with Gasteiger partial charge in [-0.1, -0.05) is 155 Å². The van der Waals surface area contributed by atoms with Crippen LogP contribution in [0.4, 0.5) is 0 Å². The third-order valence-corrected chi connectivity index (χ3v) is 15.1. The molecule has 454 valence electrons. The van der Waals surface area contributed by atoms with Gasteiger partial charge in [-0.3, -0.25) is 28.9 Å². The predicted molar refractivity (Wildman–Crippen MR) is 294 cm³/mol. The molecule has 78 heavy (non-hydrogen) atoms. The van der Waals surface area contributed by atoms with Gasteiger partial charge in [-0.25, -0.2) is 4.79 Å². The molecule has 2 aliphatic carbocycles. The second kappa shape index (κ2) is 41.5. The van der Waals surface area contributed by atoms with Crippen LogP contribution in [0.15, 0.2) is 0 Å². The van der Waals surface area contributed by atoms with Gasteiger partial charge in [-0.05, 0) is 19.3 Å². The molecule has 0 heterocycles. The van der Waals surface area contributed by atoms with Crippen LogP contribution < -0.4 is 21.3 Å². The Kier molecular flexibility index (Phi) is 37.5. The summed E-state index contributed by atoms with van der Waals surface area (Å²) in [6, 6.07) is -1.13. The number of esters is 2. The summed E-state index contributed by atoms with van der Waals surface area (Å²) in [5.74, 6) is -4.04. The first kappa shape index (κ1) is 70.6. The van der Waals surface area contributed by atoms with Crippen LogP contribution in [0.25, 0.3) is 0 Å². The maximum Gasteiger partial charge on any atom is 0.328 e. The highest BCUT2D eigenvalue weighted by atomic mass is 16.5. The second-order valence-corrected chi connectivity index (χ2v) is 22.2. The van der Waals surface area contributed by atoms with Gasteiger partial charge in [0.2, 0.25) is 11.8 Å². The van der Waals surface area contributed by atoms with Crippen molar-refractivity contribution in [3.8, 4) is 0 Å². The Morgan fingerprint density at radius 3 is 1.18 bits per heavy atom. The molecule has 0 bridgehead atoms. The number of rotatable bonds is 45. The molecule has 12 N–H and O–H groups in total. The lowest BCUT2D eigenvalue weighted by Crippen LogP contribution is -2.59. The average Bonchev–Trinajstić information content (AvgIpc) is 3.44. The number of ether oxygens (including phenoxy) is 2. The van der Waals surface area contributed by atoms with E-state index in [0.29, 0.717) is 6.42 Å². The molecule has 21 nitrogen and oxygen atoms in total. The van der Waals surface area contributed by atoms with Crippen molar-refractivity contribution in [3.63, 3.8) is 0 Å². The van der Waals surface area contributed by atoms with Gasteiger partial charge in [0, 0.05) is 84.2 Å². The van der Waals surface area contributed by atoms with E-state index in [-0.39, 0.29) is 78.2 Å². The van der Waals surface area contributed by atoms with Crippen LogP contribution in [-0.2, 0) is 38.2 Å². The molecule has 2 fully saturated rings. The van der Waals surface area contributed by atoms with Crippen LogP contribution in [0.1, 0.15) is 219 Å². The van der Waals surface area contributed by atoms with E-state index in [1.807, 2.05) is 0 Å². The number of hydrogen-bond donors (Lipinski definition) is 12. The van der Waals surface area contributed by atoms with Crippen molar-refractivity contribution in [1.29, 1.82) is 0 Å². The van der Waals surface area contributed by atoms with Crippen molar-refractivity contribution < 1.29 is 79.1 Å². The van der Waals surface area contributed by atoms with E-state index in [4.69, 9.17) is 9.47 Å². The van der Waals surface area contributed by atoms with E-state index in [1.54, 1.807) is 4.90 Å². The largest absolute Gasteiger partial charge is 0.466 e. The van der Waals surface area contributed by atoms with Gasteiger partial charge < -0.3 is 71.6 Å². The summed E-state index contributed by atoms with van der Waals surface area (Å²) in [5, 5.41) is 92.3. The minimum Gasteiger partial charge on any atom is -0.466 e. The Morgan fingerprint density at radius 1 is 0.462 bits per heavy atom. The monoisotopic (exact) mass is 1120 g/mol. The fourth-order valence-corrected chi connectivity index (χ4v) is 10.1. The molecule has 2 aliphatic rings. The molecule has 0 spiro atoms. The van der Waals surface area contributed by atoms with E-state index in [9.17, 15) is 69.6 Å². The molecule has 0 aromatic heterocycles. The fraction of sp³-hybridized carbons (Fsp3) is 0.895. The van der Waals surface area contributed by atoms with Gasteiger partial charge in [0.15, 0.2) is 0 Å². The maximum atomic E-state index is 13.3. The van der Waals surface area contributed by atoms with Gasteiger partial charge in [0.25, 0.3) is 11.8 Å². The van der Waals surface area contributed by atoms with E-state index < -0.39 is 115 Å². The number of nitrogens with one attached hydrogen (secondary N) is 4. The number of hydrogen-bond acceptors (Lipinski definition) is 17. The summed E-state index contributed by atoms with van der Waals surface area (Å²) in [5.41, 5.74) is -4.34. The normalized spacial score (nSPS) is 23.6. The standard InChI is InChI=1S/C57H105N5O16/c1-3-5-7-9-11-13-15-17-19-21-23-25-37-77-50(69)30-27-43(53(72)78-38-26-24-22-20-18-16-14-12-10-8-6-4-2)61-49(68)29-28-48(67)58-31-34-62(35-32-59-54(73)56(75)39-44(63)51(70)45(64)40-56)36-33-60-55(74)57(76)41-46(65)52(71)47(66)42-57/h43-47,51-52,63-66,70-71,75-76H,3-42H2,1-2H3,(H,58,67)(H,59,73)(H,60,74)(H,61,68)/t43-,44+,45+,46+,47+,51?,52?,56?,57?/m0/s1. The Morgan fingerprint density at radius 2 is 0.795 bits per heavy atom. The number of nitrogens with zero attached hydrogens (tertiary/aromatic N) is 1. The van der Waals surface area contributed by atoms with Crippen LogP contribution in [0.2, 0.25) is 0 Å². The lowest BCUT2D eigenvalue weighted by molar-refractivity contribution is -0.173. The van der Waals surface area contributed by atoms with E-state index in [2.05, 4.69) is 35.1 Å². The van der Waals surface area contributed by atoms with Crippen molar-refractivity contribution in [2.75, 3.05) is 52.5 Å². The molecule has 0 aromatic carbocycles. The lowest BCUT2D eigenvalue weighted by atomic mass is 9.79. The quantitative estimate of drug-likeness (QED) is 0.0307. The summed E-state index contributed by atoms with van der Waals surface area (Å²) in [6.07, 6.45) is 16.0. The van der Waals surface area contributed by atoms with Gasteiger partial charge in [-0.2, -0.15) is 0 Å². The lowest BCUT2D eigenvalue weighted by Gasteiger charge is -2.39. The molecule has 21 heteroatoms. The SMILES string of the molecule is CCCCCCCCCCCCCCOC(=O)CC[C@H](NC(=O)CCC(=O)NCCN(CCNC(=O)C1(O)C[C@@H](O)C(O)[C@H](O)C1)CCNC(=O)C1(O)C[C@@H](O)C(O)[C@H](O)C1)C(=O)OCCCCCCCCCCCCCC. The zero-order valence-electron chi connectivity index (χ0n) is 47.6. The molecule has 2 saturated carbocycles. The molecule has 0 radical (unpaired) electrons. The van der Waals surface area contributed by atoms with Crippen molar-refractivity contribution in [2.24, 2.45) is 0 Å². The highest BCUT2D eigenvalue weighted by molar-refractivity contribution is 5.88. The van der Waals surface area contributed by atoms with Crippen LogP contribution in [0, 0.1) is 0 Å². The highest BCUT2D eigenvalue weighted by Crippen LogP contribution is 2.31. The number of aliphatic hydroxyl groups is 8. The van der Waals surface area contributed by atoms with Crippen molar-refractivity contribution in [3.05, 3.63) is 0 Å². The number of carbonyl (C=O) groups excluding carboxylic acids is 6. The number of amides is 4. The van der Waals surface area contributed by atoms with Crippen molar-refractivity contribution in [1.82, 2.24) is 26.2 Å². The minimum atomic E-state index is -2.17. The van der Waals surface area contributed by atoms with Crippen LogP contribution >= 0.6 is 0 Å². The summed E-state index contributed by atoms with van der Waals surface area (Å²) in [7, 11) is 0. The zero-order valence-corrected chi connectivity index (χ0v) is 47.6. The van der Waals surface area contributed by atoms with E-state index >= 15 is 0 Å². The van der Waals surface area contributed by atoms with Crippen LogP contribution in [0.5, 0.6) is 0 Å². The third kappa shape index (κ3) is 30.3. The van der Waals surface area contributed by atoms with E-state index in [1.165, 1.54) is 103 Å². The number of aliphatic hydroxyl groups excluding tert-OH is 6.